The second kappa shape index (κ2) is 8.55. The second-order valence-electron chi connectivity index (χ2n) is 6.29. The van der Waals surface area contributed by atoms with Crippen LogP contribution in [0.3, 0.4) is 0 Å². The molecule has 1 aliphatic heterocycles. The third kappa shape index (κ3) is 5.10. The van der Waals surface area contributed by atoms with Gasteiger partial charge in [-0.2, -0.15) is 5.10 Å². The summed E-state index contributed by atoms with van der Waals surface area (Å²) >= 11 is 1.66. The van der Waals surface area contributed by atoms with E-state index in [4.69, 9.17) is 9.84 Å². The van der Waals surface area contributed by atoms with Crippen LogP contribution >= 0.6 is 11.3 Å². The lowest BCUT2D eigenvalue weighted by Gasteiger charge is -2.32. The molecule has 2 aromatic rings. The predicted octanol–water partition coefficient (Wildman–Crippen LogP) is 1.67. The monoisotopic (exact) mass is 364 g/mol. The van der Waals surface area contributed by atoms with Crippen LogP contribution in [0.4, 0.5) is 0 Å². The van der Waals surface area contributed by atoms with Gasteiger partial charge in [-0.05, 0) is 24.8 Å². The van der Waals surface area contributed by atoms with Gasteiger partial charge in [0.2, 0.25) is 0 Å². The lowest BCUT2D eigenvalue weighted by Crippen LogP contribution is -2.42. The van der Waals surface area contributed by atoms with Crippen LogP contribution in [0.5, 0.6) is 0 Å². The number of nitrogens with zero attached hydrogens (tertiary/aromatic N) is 4. The van der Waals surface area contributed by atoms with E-state index < -0.39 is 5.97 Å². The van der Waals surface area contributed by atoms with E-state index in [1.54, 1.807) is 11.3 Å². The maximum atomic E-state index is 11.1. The van der Waals surface area contributed by atoms with Gasteiger partial charge in [0.25, 0.3) is 0 Å². The molecule has 2 aromatic heterocycles. The number of ether oxygens (including phenoxy) is 1. The molecule has 1 fully saturated rings. The van der Waals surface area contributed by atoms with Crippen LogP contribution < -0.4 is 0 Å². The maximum Gasteiger partial charge on any atom is 0.325 e. The number of carboxylic acids is 1. The molecular weight excluding hydrogens is 340 g/mol. The molecule has 3 heterocycles. The summed E-state index contributed by atoms with van der Waals surface area (Å²) in [5, 5.41) is 15.6. The van der Waals surface area contributed by atoms with Crippen molar-refractivity contribution in [3.63, 3.8) is 0 Å². The Morgan fingerprint density at radius 1 is 1.44 bits per heavy atom. The van der Waals surface area contributed by atoms with Crippen molar-refractivity contribution in [1.29, 1.82) is 0 Å². The summed E-state index contributed by atoms with van der Waals surface area (Å²) < 4.78 is 6.94. The summed E-state index contributed by atoms with van der Waals surface area (Å²) in [7, 11) is 0. The van der Waals surface area contributed by atoms with E-state index >= 15 is 0 Å². The van der Waals surface area contributed by atoms with E-state index in [1.165, 1.54) is 9.56 Å². The molecule has 0 saturated carbocycles. The molecule has 25 heavy (non-hydrogen) atoms. The van der Waals surface area contributed by atoms with Crippen LogP contribution in [0, 0.1) is 0 Å². The Morgan fingerprint density at radius 3 is 2.92 bits per heavy atom. The zero-order valence-electron chi connectivity index (χ0n) is 14.4. The van der Waals surface area contributed by atoms with Gasteiger partial charge in [0.05, 0.1) is 13.2 Å². The van der Waals surface area contributed by atoms with Gasteiger partial charge in [-0.15, -0.1) is 11.3 Å². The summed E-state index contributed by atoms with van der Waals surface area (Å²) in [5.41, 5.74) is 0. The molecule has 8 heteroatoms. The highest BCUT2D eigenvalue weighted by molar-refractivity contribution is 7.09. The molecule has 0 unspecified atom stereocenters. The SMILES string of the molecule is C[C@@H](CCc1nc(Cc2cccs2)nn1CC(=O)O)N1CCOCC1. The van der Waals surface area contributed by atoms with Crippen molar-refractivity contribution in [3.8, 4) is 0 Å². The number of aromatic nitrogens is 3. The number of rotatable bonds is 8. The van der Waals surface area contributed by atoms with Gasteiger partial charge in [-0.25, -0.2) is 9.67 Å². The topological polar surface area (TPSA) is 80.5 Å². The highest BCUT2D eigenvalue weighted by Crippen LogP contribution is 2.15. The lowest BCUT2D eigenvalue weighted by molar-refractivity contribution is -0.137. The normalized spacial score (nSPS) is 16.8. The fourth-order valence-electron chi connectivity index (χ4n) is 3.05. The Morgan fingerprint density at radius 2 is 2.24 bits per heavy atom. The van der Waals surface area contributed by atoms with Crippen molar-refractivity contribution in [3.05, 3.63) is 34.0 Å². The third-order valence-electron chi connectivity index (χ3n) is 4.44. The fraction of sp³-hybridized carbons (Fsp3) is 0.588. The van der Waals surface area contributed by atoms with Crippen LogP contribution in [0.1, 0.15) is 29.9 Å². The van der Waals surface area contributed by atoms with E-state index in [2.05, 4.69) is 21.9 Å². The molecule has 1 saturated heterocycles. The average Bonchev–Trinajstić information content (AvgIpc) is 3.23. The number of morpholine rings is 1. The minimum Gasteiger partial charge on any atom is -0.480 e. The largest absolute Gasteiger partial charge is 0.480 e. The van der Waals surface area contributed by atoms with Crippen LogP contribution in [0.25, 0.3) is 0 Å². The number of carbonyl (C=O) groups is 1. The minimum atomic E-state index is -0.893. The number of hydrogen-bond acceptors (Lipinski definition) is 6. The van der Waals surface area contributed by atoms with Crippen molar-refractivity contribution >= 4 is 17.3 Å². The summed E-state index contributed by atoms with van der Waals surface area (Å²) in [6.45, 7) is 5.53. The number of thiophene rings is 1. The van der Waals surface area contributed by atoms with Crippen molar-refractivity contribution in [2.45, 2.75) is 38.8 Å². The van der Waals surface area contributed by atoms with Crippen molar-refractivity contribution in [1.82, 2.24) is 19.7 Å². The van der Waals surface area contributed by atoms with Crippen LogP contribution in [-0.2, 0) is 28.9 Å². The molecule has 0 spiro atoms. The van der Waals surface area contributed by atoms with Crippen LogP contribution in [-0.4, -0.2) is 63.1 Å². The van der Waals surface area contributed by atoms with E-state index in [0.29, 0.717) is 18.3 Å². The van der Waals surface area contributed by atoms with E-state index in [9.17, 15) is 4.79 Å². The number of aryl methyl sites for hydroxylation is 1. The Bertz CT molecular complexity index is 680. The molecular formula is C17H24N4O3S. The van der Waals surface area contributed by atoms with Crippen LogP contribution in [0.2, 0.25) is 0 Å². The first kappa shape index (κ1) is 18.0. The summed E-state index contributed by atoms with van der Waals surface area (Å²) in [6.07, 6.45) is 2.30. The van der Waals surface area contributed by atoms with Gasteiger partial charge >= 0.3 is 5.97 Å². The predicted molar refractivity (Wildman–Crippen MR) is 95.0 cm³/mol. The quantitative estimate of drug-likeness (QED) is 0.767. The third-order valence-corrected chi connectivity index (χ3v) is 5.32. The first-order chi connectivity index (χ1) is 12.1. The van der Waals surface area contributed by atoms with Crippen molar-refractivity contribution < 1.29 is 14.6 Å². The van der Waals surface area contributed by atoms with Gasteiger partial charge in [0.15, 0.2) is 5.82 Å². The Kier molecular flexibility index (Phi) is 6.17. The Balaban J connectivity index is 1.65. The van der Waals surface area contributed by atoms with Gasteiger partial charge in [0.1, 0.15) is 12.4 Å². The molecule has 136 valence electrons. The van der Waals surface area contributed by atoms with E-state index in [0.717, 1.165) is 45.0 Å². The second-order valence-corrected chi connectivity index (χ2v) is 7.32. The number of aliphatic carboxylic acids is 1. The number of hydrogen-bond donors (Lipinski definition) is 1. The highest BCUT2D eigenvalue weighted by atomic mass is 32.1. The molecule has 0 radical (unpaired) electrons. The average molecular weight is 364 g/mol. The van der Waals surface area contributed by atoms with Crippen molar-refractivity contribution in [2.24, 2.45) is 0 Å². The van der Waals surface area contributed by atoms with Gasteiger partial charge in [0, 0.05) is 36.9 Å². The molecule has 0 amide bonds. The highest BCUT2D eigenvalue weighted by Gasteiger charge is 2.19. The maximum absolute atomic E-state index is 11.1. The zero-order valence-corrected chi connectivity index (χ0v) is 15.2. The summed E-state index contributed by atoms with van der Waals surface area (Å²) in [4.78, 5) is 19.3. The van der Waals surface area contributed by atoms with Crippen molar-refractivity contribution in [2.75, 3.05) is 26.3 Å². The molecule has 3 rings (SSSR count). The fourth-order valence-corrected chi connectivity index (χ4v) is 3.75. The standard InChI is InChI=1S/C17H24N4O3S/c1-13(20-6-8-24-9-7-20)4-5-16-18-15(11-14-3-2-10-25-14)19-21(16)12-17(22)23/h2-3,10,13H,4-9,11-12H2,1H3,(H,22,23)/t13-/m0/s1. The molecule has 0 aromatic carbocycles. The Labute approximate surface area is 151 Å². The van der Waals surface area contributed by atoms with Gasteiger partial charge in [-0.1, -0.05) is 6.07 Å². The van der Waals surface area contributed by atoms with E-state index in [1.807, 2.05) is 17.5 Å². The molecule has 0 bridgehead atoms. The van der Waals surface area contributed by atoms with Crippen LogP contribution in [0.15, 0.2) is 17.5 Å². The minimum absolute atomic E-state index is 0.140. The smallest absolute Gasteiger partial charge is 0.325 e. The summed E-state index contributed by atoms with van der Waals surface area (Å²) in [5.74, 6) is 0.557. The molecule has 1 N–H and O–H groups in total. The molecule has 0 aliphatic carbocycles. The molecule has 7 nitrogen and oxygen atoms in total. The molecule has 1 atom stereocenters. The van der Waals surface area contributed by atoms with Gasteiger partial charge in [-0.3, -0.25) is 9.69 Å². The lowest BCUT2D eigenvalue weighted by atomic mass is 10.1. The number of carboxylic acid groups (broad SMARTS) is 1. The summed E-state index contributed by atoms with van der Waals surface area (Å²) in [6, 6.07) is 4.46. The Hall–Kier alpha value is -1.77. The zero-order chi connectivity index (χ0) is 17.6. The van der Waals surface area contributed by atoms with E-state index in [-0.39, 0.29) is 6.54 Å². The molecule has 1 aliphatic rings. The first-order valence-electron chi connectivity index (χ1n) is 8.60. The first-order valence-corrected chi connectivity index (χ1v) is 9.48. The van der Waals surface area contributed by atoms with Gasteiger partial charge < -0.3 is 9.84 Å².